The van der Waals surface area contributed by atoms with E-state index in [0.717, 1.165) is 12.8 Å². The first-order valence-electron chi connectivity index (χ1n) is 6.20. The van der Waals surface area contributed by atoms with Gasteiger partial charge in [-0.15, -0.1) is 0 Å². The van der Waals surface area contributed by atoms with Crippen molar-refractivity contribution in [3.8, 4) is 0 Å². The molecule has 0 heterocycles. The highest BCUT2D eigenvalue weighted by molar-refractivity contribution is 6.01. The first-order chi connectivity index (χ1) is 7.97. The number of hydrogen-bond donors (Lipinski definition) is 2. The minimum atomic E-state index is -1.23. The Kier molecular flexibility index (Phi) is 7.54. The first kappa shape index (κ1) is 15.9. The maximum absolute atomic E-state index is 11.7. The average molecular weight is 244 g/mol. The van der Waals surface area contributed by atoms with E-state index >= 15 is 0 Å². The predicted octanol–water partition coefficient (Wildman–Crippen LogP) is 0.818. The molecule has 0 saturated carbocycles. The number of nitrogens with one attached hydrogen (secondary N) is 1. The van der Waals surface area contributed by atoms with Crippen LogP contribution < -0.4 is 11.1 Å². The number of esters is 1. The molecule has 0 aliphatic rings. The van der Waals surface area contributed by atoms with Gasteiger partial charge in [-0.1, -0.05) is 26.7 Å². The first-order valence-corrected chi connectivity index (χ1v) is 6.20. The van der Waals surface area contributed by atoms with Crippen LogP contribution in [0.25, 0.3) is 0 Å². The lowest BCUT2D eigenvalue weighted by molar-refractivity contribution is -0.148. The summed E-state index contributed by atoms with van der Waals surface area (Å²) in [4.78, 5) is 22.9. The molecule has 17 heavy (non-hydrogen) atoms. The van der Waals surface area contributed by atoms with Crippen LogP contribution in [-0.2, 0) is 14.3 Å². The number of nitrogens with two attached hydrogens (primary N) is 1. The van der Waals surface area contributed by atoms with Gasteiger partial charge in [-0.2, -0.15) is 0 Å². The fourth-order valence-corrected chi connectivity index (χ4v) is 1.77. The van der Waals surface area contributed by atoms with Gasteiger partial charge in [-0.05, 0) is 19.8 Å². The Bertz CT molecular complexity index is 252. The third-order valence-corrected chi connectivity index (χ3v) is 2.95. The van der Waals surface area contributed by atoms with Crippen molar-refractivity contribution >= 4 is 11.9 Å². The van der Waals surface area contributed by atoms with Crippen molar-refractivity contribution in [2.45, 2.75) is 52.6 Å². The molecule has 0 fully saturated rings. The maximum Gasteiger partial charge on any atom is 0.332 e. The second-order valence-electron chi connectivity index (χ2n) is 4.10. The van der Waals surface area contributed by atoms with Crippen LogP contribution in [0.2, 0.25) is 0 Å². The summed E-state index contributed by atoms with van der Waals surface area (Å²) >= 11 is 0. The molecule has 3 N–H and O–H groups in total. The topological polar surface area (TPSA) is 81.4 Å². The summed E-state index contributed by atoms with van der Waals surface area (Å²) in [6, 6.07) is -1.22. The van der Waals surface area contributed by atoms with Crippen LogP contribution in [0, 0.1) is 5.92 Å². The lowest BCUT2D eigenvalue weighted by Gasteiger charge is -2.23. The van der Waals surface area contributed by atoms with Gasteiger partial charge in [0.25, 0.3) is 0 Å². The zero-order valence-electron chi connectivity index (χ0n) is 11.2. The molecule has 0 radical (unpaired) electrons. The van der Waals surface area contributed by atoms with Crippen molar-refractivity contribution in [3.05, 3.63) is 0 Å². The molecule has 0 spiro atoms. The molecule has 2 unspecified atom stereocenters. The summed E-state index contributed by atoms with van der Waals surface area (Å²) < 4.78 is 4.69. The van der Waals surface area contributed by atoms with E-state index in [1.165, 1.54) is 0 Å². The second kappa shape index (κ2) is 8.06. The number of ether oxygens (including phenoxy) is 1. The highest BCUT2D eigenvalue weighted by Gasteiger charge is 2.26. The van der Waals surface area contributed by atoms with Crippen LogP contribution in [-0.4, -0.2) is 30.6 Å². The molecule has 0 aromatic heterocycles. The molecule has 0 saturated heterocycles. The zero-order chi connectivity index (χ0) is 13.4. The summed E-state index contributed by atoms with van der Waals surface area (Å²) in [5.74, 6) is -0.752. The summed E-state index contributed by atoms with van der Waals surface area (Å²) in [6.45, 7) is 7.97. The van der Waals surface area contributed by atoms with Crippen molar-refractivity contribution in [2.24, 2.45) is 11.7 Å². The van der Waals surface area contributed by atoms with Gasteiger partial charge in [0.15, 0.2) is 6.04 Å². The minimum absolute atomic E-state index is 0.0120. The van der Waals surface area contributed by atoms with E-state index in [1.807, 2.05) is 6.92 Å². The molecule has 0 aliphatic carbocycles. The molecule has 0 bridgehead atoms. The summed E-state index contributed by atoms with van der Waals surface area (Å²) in [5, 5.41) is 2.76. The number of rotatable bonds is 7. The molecule has 2 atom stereocenters. The molecule has 0 aliphatic heterocycles. The van der Waals surface area contributed by atoms with E-state index in [9.17, 15) is 9.59 Å². The van der Waals surface area contributed by atoms with Gasteiger partial charge in [0.2, 0.25) is 5.91 Å². The van der Waals surface area contributed by atoms with Crippen LogP contribution in [0.4, 0.5) is 0 Å². The molecule has 1 amide bonds. The van der Waals surface area contributed by atoms with Gasteiger partial charge < -0.3 is 15.8 Å². The fraction of sp³-hybridized carbons (Fsp3) is 0.833. The molecular formula is C12H24N2O3. The smallest absolute Gasteiger partial charge is 0.332 e. The van der Waals surface area contributed by atoms with Gasteiger partial charge in [-0.3, -0.25) is 4.79 Å². The molecule has 100 valence electrons. The van der Waals surface area contributed by atoms with E-state index in [4.69, 9.17) is 10.5 Å². The van der Waals surface area contributed by atoms with Crippen molar-refractivity contribution in [3.63, 3.8) is 0 Å². The second-order valence-corrected chi connectivity index (χ2v) is 4.10. The van der Waals surface area contributed by atoms with E-state index in [2.05, 4.69) is 19.2 Å². The minimum Gasteiger partial charge on any atom is -0.464 e. The maximum atomic E-state index is 11.7. The van der Waals surface area contributed by atoms with Crippen molar-refractivity contribution in [2.75, 3.05) is 6.61 Å². The highest BCUT2D eigenvalue weighted by atomic mass is 16.5. The number of hydrogen-bond acceptors (Lipinski definition) is 4. The Morgan fingerprint density at radius 3 is 2.18 bits per heavy atom. The molecule has 5 nitrogen and oxygen atoms in total. The van der Waals surface area contributed by atoms with Crippen LogP contribution in [0.3, 0.4) is 0 Å². The normalized spacial score (nSPS) is 14.2. The van der Waals surface area contributed by atoms with Crippen LogP contribution in [0.1, 0.15) is 40.5 Å². The Balaban J connectivity index is 4.28. The Morgan fingerprint density at radius 2 is 1.76 bits per heavy atom. The van der Waals surface area contributed by atoms with E-state index in [1.54, 1.807) is 6.92 Å². The molecule has 0 aromatic carbocycles. The number of amides is 1. The van der Waals surface area contributed by atoms with Crippen molar-refractivity contribution in [1.29, 1.82) is 0 Å². The molecule has 5 heteroatoms. The molecular weight excluding hydrogens is 220 g/mol. The fourth-order valence-electron chi connectivity index (χ4n) is 1.77. The summed E-state index contributed by atoms with van der Waals surface area (Å²) in [5.41, 5.74) is 5.49. The number of carbonyl (C=O) groups excluding carboxylic acids is 2. The van der Waals surface area contributed by atoms with E-state index in [0.29, 0.717) is 5.92 Å². The Hall–Kier alpha value is -1.10. The van der Waals surface area contributed by atoms with Gasteiger partial charge in [-0.25, -0.2) is 4.79 Å². The van der Waals surface area contributed by atoms with Gasteiger partial charge in [0.05, 0.1) is 6.61 Å². The van der Waals surface area contributed by atoms with Crippen molar-refractivity contribution < 1.29 is 14.3 Å². The Morgan fingerprint density at radius 1 is 1.24 bits per heavy atom. The summed E-state index contributed by atoms with van der Waals surface area (Å²) in [7, 11) is 0. The average Bonchev–Trinajstić information content (AvgIpc) is 2.29. The quantitative estimate of drug-likeness (QED) is 0.513. The van der Waals surface area contributed by atoms with Crippen LogP contribution in [0.15, 0.2) is 0 Å². The van der Waals surface area contributed by atoms with Crippen LogP contribution >= 0.6 is 0 Å². The predicted molar refractivity (Wildman–Crippen MR) is 66.3 cm³/mol. The van der Waals surface area contributed by atoms with Crippen LogP contribution in [0.5, 0.6) is 0 Å². The SMILES string of the molecule is CCOC(=O)C(N)C(=O)NC(C)C(CC)CC. The van der Waals surface area contributed by atoms with Gasteiger partial charge >= 0.3 is 5.97 Å². The Labute approximate surface area is 103 Å². The lowest BCUT2D eigenvalue weighted by Crippen LogP contribution is -2.50. The molecule has 0 rings (SSSR count). The number of carbonyl (C=O) groups is 2. The lowest BCUT2D eigenvalue weighted by atomic mass is 9.95. The monoisotopic (exact) mass is 244 g/mol. The third kappa shape index (κ3) is 5.17. The van der Waals surface area contributed by atoms with Crippen molar-refractivity contribution in [1.82, 2.24) is 5.32 Å². The largest absolute Gasteiger partial charge is 0.464 e. The van der Waals surface area contributed by atoms with E-state index < -0.39 is 17.9 Å². The molecule has 0 aromatic rings. The van der Waals surface area contributed by atoms with Gasteiger partial charge in [0, 0.05) is 6.04 Å². The zero-order valence-corrected chi connectivity index (χ0v) is 11.2. The third-order valence-electron chi connectivity index (χ3n) is 2.95. The summed E-state index contributed by atoms with van der Waals surface area (Å²) in [6.07, 6.45) is 1.96. The van der Waals surface area contributed by atoms with E-state index in [-0.39, 0.29) is 12.6 Å². The van der Waals surface area contributed by atoms with Gasteiger partial charge in [0.1, 0.15) is 0 Å². The highest BCUT2D eigenvalue weighted by Crippen LogP contribution is 2.12. The standard InChI is InChI=1S/C12H24N2O3/c1-5-9(6-2)8(4)14-11(15)10(13)12(16)17-7-3/h8-10H,5-7,13H2,1-4H3,(H,14,15).